The van der Waals surface area contributed by atoms with Crippen molar-refractivity contribution in [1.29, 1.82) is 0 Å². The van der Waals surface area contributed by atoms with Crippen LogP contribution >= 0.6 is 0 Å². The molecule has 3 fully saturated rings. The Bertz CT molecular complexity index is 527. The van der Waals surface area contributed by atoms with Gasteiger partial charge in [0.05, 0.1) is 5.92 Å². The van der Waals surface area contributed by atoms with E-state index in [1.807, 2.05) is 9.80 Å². The molecule has 1 aliphatic carbocycles. The van der Waals surface area contributed by atoms with E-state index in [-0.39, 0.29) is 30.1 Å². The molecule has 1 atom stereocenters. The fourth-order valence-corrected chi connectivity index (χ4v) is 4.27. The van der Waals surface area contributed by atoms with Gasteiger partial charge in [0.2, 0.25) is 0 Å². The fourth-order valence-electron chi connectivity index (χ4n) is 4.27. The lowest BCUT2D eigenvalue weighted by Gasteiger charge is -2.36. The largest absolute Gasteiger partial charge is 0.481 e. The van der Waals surface area contributed by atoms with Crippen molar-refractivity contribution in [2.45, 2.75) is 63.5 Å². The van der Waals surface area contributed by atoms with Crippen LogP contribution in [-0.2, 0) is 4.79 Å². The van der Waals surface area contributed by atoms with Crippen molar-refractivity contribution in [2.24, 2.45) is 5.92 Å². The summed E-state index contributed by atoms with van der Waals surface area (Å²) in [5, 5.41) is 15.0. The quantitative estimate of drug-likeness (QED) is 0.706. The molecule has 0 spiro atoms. The van der Waals surface area contributed by atoms with Crippen molar-refractivity contribution < 1.29 is 19.5 Å². The molecule has 0 radical (unpaired) electrons. The first-order chi connectivity index (χ1) is 12.5. The third-order valence-corrected chi connectivity index (χ3v) is 5.82. The summed E-state index contributed by atoms with van der Waals surface area (Å²) in [5.41, 5.74) is 0. The van der Waals surface area contributed by atoms with Crippen LogP contribution in [0.15, 0.2) is 0 Å². The van der Waals surface area contributed by atoms with Crippen LogP contribution in [0, 0.1) is 5.92 Å². The number of likely N-dealkylation sites (tertiary alicyclic amines) is 2. The van der Waals surface area contributed by atoms with Crippen molar-refractivity contribution in [2.75, 3.05) is 26.2 Å². The summed E-state index contributed by atoms with van der Waals surface area (Å²) in [7, 11) is 0. The Morgan fingerprint density at radius 1 is 0.769 bits per heavy atom. The van der Waals surface area contributed by atoms with Gasteiger partial charge in [0.15, 0.2) is 0 Å². The van der Waals surface area contributed by atoms with Crippen LogP contribution in [0.3, 0.4) is 0 Å². The van der Waals surface area contributed by atoms with Crippen LogP contribution in [0.5, 0.6) is 0 Å². The van der Waals surface area contributed by atoms with E-state index in [0.717, 1.165) is 45.3 Å². The normalized spacial score (nSPS) is 29.3. The van der Waals surface area contributed by atoms with E-state index < -0.39 is 5.97 Å². The van der Waals surface area contributed by atoms with Crippen LogP contribution in [0.2, 0.25) is 0 Å². The Labute approximate surface area is 154 Å². The number of carboxylic acids is 1. The van der Waals surface area contributed by atoms with Crippen molar-refractivity contribution in [3.8, 4) is 0 Å². The molecule has 146 valence electrons. The monoisotopic (exact) mass is 366 g/mol. The number of piperidine rings is 1. The minimum absolute atomic E-state index is 0.0225. The molecule has 8 nitrogen and oxygen atoms in total. The van der Waals surface area contributed by atoms with Gasteiger partial charge in [-0.25, -0.2) is 9.59 Å². The van der Waals surface area contributed by atoms with Gasteiger partial charge in [-0.15, -0.1) is 0 Å². The lowest BCUT2D eigenvalue weighted by atomic mass is 9.86. The number of aliphatic carboxylic acids is 1. The maximum atomic E-state index is 12.5. The van der Waals surface area contributed by atoms with Crippen LogP contribution in [0.1, 0.15) is 51.4 Å². The van der Waals surface area contributed by atoms with Gasteiger partial charge in [0.1, 0.15) is 0 Å². The van der Waals surface area contributed by atoms with Gasteiger partial charge >= 0.3 is 18.0 Å². The molecule has 0 aromatic heterocycles. The highest BCUT2D eigenvalue weighted by Crippen LogP contribution is 2.24. The molecule has 3 rings (SSSR count). The highest BCUT2D eigenvalue weighted by atomic mass is 16.4. The summed E-state index contributed by atoms with van der Waals surface area (Å²) in [4.78, 5) is 39.5. The summed E-state index contributed by atoms with van der Waals surface area (Å²) in [6, 6.07) is -0.0900. The first-order valence-electron chi connectivity index (χ1n) is 9.86. The number of nitrogens with zero attached hydrogens (tertiary/aromatic N) is 2. The van der Waals surface area contributed by atoms with Crippen molar-refractivity contribution in [3.05, 3.63) is 0 Å². The Morgan fingerprint density at radius 3 is 2.04 bits per heavy atom. The summed E-state index contributed by atoms with van der Waals surface area (Å²) in [6.45, 7) is 3.00. The molecule has 0 aromatic carbocycles. The van der Waals surface area contributed by atoms with Crippen LogP contribution in [-0.4, -0.2) is 71.2 Å². The van der Waals surface area contributed by atoms with Crippen LogP contribution < -0.4 is 10.6 Å². The lowest BCUT2D eigenvalue weighted by molar-refractivity contribution is -0.142. The Morgan fingerprint density at radius 2 is 1.38 bits per heavy atom. The van der Waals surface area contributed by atoms with E-state index in [1.165, 1.54) is 0 Å². The molecule has 0 aromatic rings. The third kappa shape index (κ3) is 4.80. The molecule has 2 heterocycles. The zero-order valence-electron chi connectivity index (χ0n) is 15.3. The van der Waals surface area contributed by atoms with Crippen LogP contribution in [0.4, 0.5) is 9.59 Å². The topological polar surface area (TPSA) is 102 Å². The van der Waals surface area contributed by atoms with Crippen LogP contribution in [0.25, 0.3) is 0 Å². The predicted molar refractivity (Wildman–Crippen MR) is 95.8 cm³/mol. The number of carbonyl (C=O) groups excluding carboxylic acids is 2. The minimum atomic E-state index is -0.738. The molecule has 3 N–H and O–H groups in total. The highest BCUT2D eigenvalue weighted by Gasteiger charge is 2.30. The summed E-state index contributed by atoms with van der Waals surface area (Å²) >= 11 is 0. The SMILES string of the molecule is O=C(NC1CCC(C(=O)O)CC1)NC1CCCN(C(=O)N2CCCC2)C1. The third-order valence-electron chi connectivity index (χ3n) is 5.82. The second kappa shape index (κ2) is 8.60. The van der Waals surface area contributed by atoms with E-state index in [1.54, 1.807) is 0 Å². The Kier molecular flexibility index (Phi) is 6.21. The standard InChI is InChI=1S/C18H30N4O4/c23-16(24)13-5-7-14(8-6-13)19-17(25)20-15-4-3-11-22(12-15)18(26)21-9-1-2-10-21/h13-15H,1-12H2,(H,23,24)(H2,19,20,25). The van der Waals surface area contributed by atoms with Gasteiger partial charge in [-0.3, -0.25) is 4.79 Å². The molecule has 3 aliphatic rings. The van der Waals surface area contributed by atoms with E-state index in [0.29, 0.717) is 32.2 Å². The number of hydrogen-bond acceptors (Lipinski definition) is 3. The molecule has 1 saturated carbocycles. The number of carbonyl (C=O) groups is 3. The molecule has 0 bridgehead atoms. The molecule has 2 aliphatic heterocycles. The van der Waals surface area contributed by atoms with Gasteiger partial charge in [-0.05, 0) is 51.4 Å². The van der Waals surface area contributed by atoms with Gasteiger partial charge in [0.25, 0.3) is 0 Å². The maximum absolute atomic E-state index is 12.5. The summed E-state index contributed by atoms with van der Waals surface area (Å²) in [6.07, 6.45) is 6.56. The van der Waals surface area contributed by atoms with Crippen molar-refractivity contribution in [3.63, 3.8) is 0 Å². The summed E-state index contributed by atoms with van der Waals surface area (Å²) in [5.74, 6) is -1.02. The van der Waals surface area contributed by atoms with Gasteiger partial charge in [-0.2, -0.15) is 0 Å². The molecule has 8 heteroatoms. The Hall–Kier alpha value is -1.99. The highest BCUT2D eigenvalue weighted by molar-refractivity contribution is 5.76. The zero-order valence-corrected chi connectivity index (χ0v) is 15.3. The summed E-state index contributed by atoms with van der Waals surface area (Å²) < 4.78 is 0. The average Bonchev–Trinajstić information content (AvgIpc) is 3.16. The molecule has 4 amide bonds. The number of hydrogen-bond donors (Lipinski definition) is 3. The lowest BCUT2D eigenvalue weighted by Crippen LogP contribution is -2.55. The molecule has 26 heavy (non-hydrogen) atoms. The minimum Gasteiger partial charge on any atom is -0.481 e. The maximum Gasteiger partial charge on any atom is 0.320 e. The number of amides is 4. The molecular formula is C18H30N4O4. The number of rotatable bonds is 3. The molecular weight excluding hydrogens is 336 g/mol. The van der Waals surface area contributed by atoms with E-state index in [4.69, 9.17) is 5.11 Å². The average molecular weight is 366 g/mol. The second-order valence-electron chi connectivity index (χ2n) is 7.77. The van der Waals surface area contributed by atoms with Gasteiger partial charge in [-0.1, -0.05) is 0 Å². The number of nitrogens with one attached hydrogen (secondary N) is 2. The van der Waals surface area contributed by atoms with Crippen molar-refractivity contribution in [1.82, 2.24) is 20.4 Å². The first kappa shape index (κ1) is 18.8. The second-order valence-corrected chi connectivity index (χ2v) is 7.77. The van der Waals surface area contributed by atoms with E-state index >= 15 is 0 Å². The van der Waals surface area contributed by atoms with Crippen molar-refractivity contribution >= 4 is 18.0 Å². The predicted octanol–water partition coefficient (Wildman–Crippen LogP) is 1.61. The van der Waals surface area contributed by atoms with E-state index in [9.17, 15) is 14.4 Å². The molecule has 2 saturated heterocycles. The number of carboxylic acid groups (broad SMARTS) is 1. The van der Waals surface area contributed by atoms with Gasteiger partial charge < -0.3 is 25.5 Å². The smallest absolute Gasteiger partial charge is 0.320 e. The van der Waals surface area contributed by atoms with Gasteiger partial charge in [0, 0.05) is 38.3 Å². The first-order valence-corrected chi connectivity index (χ1v) is 9.86. The number of urea groups is 2. The molecule has 1 unspecified atom stereocenters. The van der Waals surface area contributed by atoms with E-state index in [2.05, 4.69) is 10.6 Å². The zero-order chi connectivity index (χ0) is 18.5. The Balaban J connectivity index is 1.41. The fraction of sp³-hybridized carbons (Fsp3) is 0.833.